The first-order chi connectivity index (χ1) is 12.2. The Morgan fingerprint density at radius 1 is 1.24 bits per heavy atom. The highest BCUT2D eigenvalue weighted by Crippen LogP contribution is 2.14. The molecule has 1 fully saturated rings. The molecule has 25 heavy (non-hydrogen) atoms. The van der Waals surface area contributed by atoms with Crippen molar-refractivity contribution in [2.45, 2.75) is 25.3 Å². The van der Waals surface area contributed by atoms with E-state index in [0.717, 1.165) is 38.9 Å². The Labute approximate surface area is 149 Å². The number of amides is 1. The molecule has 0 saturated carbocycles. The van der Waals surface area contributed by atoms with E-state index >= 15 is 0 Å². The molecule has 0 bridgehead atoms. The van der Waals surface area contributed by atoms with E-state index in [-0.39, 0.29) is 11.9 Å². The van der Waals surface area contributed by atoms with E-state index in [1.165, 1.54) is 5.56 Å². The van der Waals surface area contributed by atoms with Gasteiger partial charge in [-0.1, -0.05) is 30.3 Å². The Kier molecular flexibility index (Phi) is 6.01. The minimum absolute atomic E-state index is 0.123. The molecule has 0 spiro atoms. The van der Waals surface area contributed by atoms with Gasteiger partial charge < -0.3 is 15.0 Å². The van der Waals surface area contributed by atoms with E-state index in [1.807, 2.05) is 0 Å². The fraction of sp³-hybridized carbons (Fsp3) is 0.400. The van der Waals surface area contributed by atoms with Crippen LogP contribution >= 0.6 is 0 Å². The van der Waals surface area contributed by atoms with Crippen LogP contribution in [0.2, 0.25) is 0 Å². The average Bonchev–Trinajstić information content (AvgIpc) is 2.68. The fourth-order valence-electron chi connectivity index (χ4n) is 3.15. The maximum atomic E-state index is 12.3. The number of methoxy groups -OCH3 is 1. The number of nitrogens with zero attached hydrogens (tertiary/aromatic N) is 2. The molecule has 0 atom stereocenters. The van der Waals surface area contributed by atoms with Gasteiger partial charge in [0.2, 0.25) is 0 Å². The molecule has 0 aliphatic carbocycles. The number of hydrogen-bond acceptors (Lipinski definition) is 4. The van der Waals surface area contributed by atoms with Gasteiger partial charge >= 0.3 is 0 Å². The monoisotopic (exact) mass is 339 g/mol. The van der Waals surface area contributed by atoms with Crippen molar-refractivity contribution in [3.63, 3.8) is 0 Å². The summed E-state index contributed by atoms with van der Waals surface area (Å²) >= 11 is 0. The van der Waals surface area contributed by atoms with Crippen LogP contribution in [0.25, 0.3) is 0 Å². The van der Waals surface area contributed by atoms with E-state index < -0.39 is 0 Å². The van der Waals surface area contributed by atoms with Crippen LogP contribution in [0, 0.1) is 0 Å². The van der Waals surface area contributed by atoms with Crippen molar-refractivity contribution < 1.29 is 9.53 Å². The maximum absolute atomic E-state index is 12.3. The average molecular weight is 339 g/mol. The minimum Gasteiger partial charge on any atom is -0.497 e. The number of aromatic nitrogens is 1. The highest BCUT2D eigenvalue weighted by Gasteiger charge is 2.21. The summed E-state index contributed by atoms with van der Waals surface area (Å²) in [4.78, 5) is 18.9. The maximum Gasteiger partial charge on any atom is 0.270 e. The van der Waals surface area contributed by atoms with Crippen LogP contribution in [0.5, 0.6) is 5.75 Å². The molecule has 132 valence electrons. The van der Waals surface area contributed by atoms with Gasteiger partial charge in [-0.2, -0.15) is 0 Å². The van der Waals surface area contributed by atoms with E-state index in [0.29, 0.717) is 11.4 Å². The number of pyridine rings is 1. The van der Waals surface area contributed by atoms with Crippen LogP contribution in [0.1, 0.15) is 28.9 Å². The standard InChI is InChI=1S/C20H25N3O2/c1-25-18-7-11-21-19(15-18)20(24)22-17-9-13-23(14-10-17)12-8-16-5-3-2-4-6-16/h2-7,11,15,17H,8-10,12-14H2,1H3,(H,22,24). The molecule has 1 aromatic heterocycles. The molecule has 2 aromatic rings. The number of likely N-dealkylation sites (tertiary alicyclic amines) is 1. The molecule has 1 aliphatic rings. The van der Waals surface area contributed by atoms with Crippen LogP contribution in [-0.4, -0.2) is 48.6 Å². The van der Waals surface area contributed by atoms with Gasteiger partial charge in [-0.05, 0) is 30.9 Å². The summed E-state index contributed by atoms with van der Waals surface area (Å²) in [6, 6.07) is 14.2. The topological polar surface area (TPSA) is 54.5 Å². The molecule has 1 amide bonds. The lowest BCUT2D eigenvalue weighted by Crippen LogP contribution is -2.45. The molecule has 5 nitrogen and oxygen atoms in total. The number of benzene rings is 1. The lowest BCUT2D eigenvalue weighted by atomic mass is 10.0. The van der Waals surface area contributed by atoms with Gasteiger partial charge in [0.1, 0.15) is 11.4 Å². The number of hydrogen-bond donors (Lipinski definition) is 1. The third-order valence-corrected chi connectivity index (χ3v) is 4.68. The lowest BCUT2D eigenvalue weighted by Gasteiger charge is -2.32. The van der Waals surface area contributed by atoms with Crippen LogP contribution in [-0.2, 0) is 6.42 Å². The number of carbonyl (C=O) groups is 1. The summed E-state index contributed by atoms with van der Waals surface area (Å²) in [6.45, 7) is 3.11. The first-order valence-corrected chi connectivity index (χ1v) is 8.82. The Hall–Kier alpha value is -2.40. The SMILES string of the molecule is COc1ccnc(C(=O)NC2CCN(CCc3ccccc3)CC2)c1. The summed E-state index contributed by atoms with van der Waals surface area (Å²) < 4.78 is 5.15. The van der Waals surface area contributed by atoms with E-state index in [9.17, 15) is 4.79 Å². The fourth-order valence-corrected chi connectivity index (χ4v) is 3.15. The highest BCUT2D eigenvalue weighted by molar-refractivity contribution is 5.92. The van der Waals surface area contributed by atoms with Crippen LogP contribution in [0.15, 0.2) is 48.7 Å². The minimum atomic E-state index is -0.123. The lowest BCUT2D eigenvalue weighted by molar-refractivity contribution is 0.0906. The van der Waals surface area contributed by atoms with Gasteiger partial charge in [-0.15, -0.1) is 0 Å². The smallest absolute Gasteiger partial charge is 0.270 e. The number of rotatable bonds is 6. The molecule has 2 heterocycles. The molecule has 1 N–H and O–H groups in total. The summed E-state index contributed by atoms with van der Waals surface area (Å²) in [5.41, 5.74) is 1.79. The quantitative estimate of drug-likeness (QED) is 0.879. The van der Waals surface area contributed by atoms with Gasteiger partial charge in [0.05, 0.1) is 7.11 Å². The number of ether oxygens (including phenoxy) is 1. The van der Waals surface area contributed by atoms with Gasteiger partial charge in [-0.25, -0.2) is 0 Å². The predicted octanol–water partition coefficient (Wildman–Crippen LogP) is 2.53. The van der Waals surface area contributed by atoms with Crippen molar-refractivity contribution in [2.24, 2.45) is 0 Å². The Balaban J connectivity index is 1.43. The molecule has 0 unspecified atom stereocenters. The second kappa shape index (κ2) is 8.62. The van der Waals surface area contributed by atoms with E-state index in [1.54, 1.807) is 25.4 Å². The second-order valence-electron chi connectivity index (χ2n) is 6.41. The normalized spacial score (nSPS) is 15.7. The van der Waals surface area contributed by atoms with Gasteiger partial charge in [-0.3, -0.25) is 9.78 Å². The molecule has 1 aliphatic heterocycles. The van der Waals surface area contributed by atoms with E-state index in [4.69, 9.17) is 4.74 Å². The van der Waals surface area contributed by atoms with Crippen LogP contribution in [0.3, 0.4) is 0 Å². The molecule has 5 heteroatoms. The summed E-state index contributed by atoms with van der Waals surface area (Å²) in [5.74, 6) is 0.525. The summed E-state index contributed by atoms with van der Waals surface area (Å²) in [5, 5.41) is 3.10. The molecule has 3 rings (SSSR count). The molecule has 1 saturated heterocycles. The zero-order chi connectivity index (χ0) is 17.5. The Morgan fingerprint density at radius 3 is 2.72 bits per heavy atom. The van der Waals surface area contributed by atoms with Crippen molar-refractivity contribution >= 4 is 5.91 Å². The number of nitrogens with one attached hydrogen (secondary N) is 1. The van der Waals surface area contributed by atoms with Gasteiger partial charge in [0.15, 0.2) is 0 Å². The highest BCUT2D eigenvalue weighted by atomic mass is 16.5. The first-order valence-electron chi connectivity index (χ1n) is 8.82. The predicted molar refractivity (Wildman–Crippen MR) is 97.9 cm³/mol. The summed E-state index contributed by atoms with van der Waals surface area (Å²) in [6.07, 6.45) is 4.63. The zero-order valence-electron chi connectivity index (χ0n) is 14.6. The molecular formula is C20H25N3O2. The van der Waals surface area contributed by atoms with Crippen molar-refractivity contribution in [3.05, 3.63) is 59.9 Å². The molecule has 1 aromatic carbocycles. The third kappa shape index (κ3) is 5.03. The van der Waals surface area contributed by atoms with Crippen LogP contribution < -0.4 is 10.1 Å². The molecule has 0 radical (unpaired) electrons. The van der Waals surface area contributed by atoms with E-state index in [2.05, 4.69) is 45.5 Å². The number of piperidine rings is 1. The van der Waals surface area contributed by atoms with Crippen molar-refractivity contribution in [1.29, 1.82) is 0 Å². The Bertz CT molecular complexity index is 682. The number of carbonyl (C=O) groups excluding carboxylic acids is 1. The second-order valence-corrected chi connectivity index (χ2v) is 6.41. The Morgan fingerprint density at radius 2 is 2.00 bits per heavy atom. The van der Waals surface area contributed by atoms with Crippen molar-refractivity contribution in [3.8, 4) is 5.75 Å². The van der Waals surface area contributed by atoms with Crippen molar-refractivity contribution in [2.75, 3.05) is 26.7 Å². The molecular weight excluding hydrogens is 314 g/mol. The van der Waals surface area contributed by atoms with Crippen molar-refractivity contribution in [1.82, 2.24) is 15.2 Å². The largest absolute Gasteiger partial charge is 0.497 e. The zero-order valence-corrected chi connectivity index (χ0v) is 14.6. The first kappa shape index (κ1) is 17.4. The third-order valence-electron chi connectivity index (χ3n) is 4.68. The van der Waals surface area contributed by atoms with Gasteiger partial charge in [0, 0.05) is 37.9 Å². The van der Waals surface area contributed by atoms with Gasteiger partial charge in [0.25, 0.3) is 5.91 Å². The van der Waals surface area contributed by atoms with Crippen LogP contribution in [0.4, 0.5) is 0 Å². The summed E-state index contributed by atoms with van der Waals surface area (Å²) in [7, 11) is 1.59.